The lowest BCUT2D eigenvalue weighted by Crippen LogP contribution is -2.39. The van der Waals surface area contributed by atoms with Gasteiger partial charge in [0.25, 0.3) is 0 Å². The van der Waals surface area contributed by atoms with Crippen molar-refractivity contribution in [3.05, 3.63) is 64.4 Å². The van der Waals surface area contributed by atoms with E-state index in [1.807, 2.05) is 13.0 Å². The summed E-state index contributed by atoms with van der Waals surface area (Å²) in [7, 11) is 0. The zero-order valence-electron chi connectivity index (χ0n) is 13.7. The number of carbonyl (C=O) groups excluding carboxylic acids is 2. The second-order valence-electron chi connectivity index (χ2n) is 6.31. The zero-order chi connectivity index (χ0) is 18.0. The minimum atomic E-state index is -1.03. The van der Waals surface area contributed by atoms with Gasteiger partial charge in [-0.15, -0.1) is 0 Å². The summed E-state index contributed by atoms with van der Waals surface area (Å²) in [4.78, 5) is 25.0. The van der Waals surface area contributed by atoms with Gasteiger partial charge in [-0.05, 0) is 55.2 Å². The maximum absolute atomic E-state index is 12.9. The molecule has 3 rings (SSSR count). The van der Waals surface area contributed by atoms with Crippen LogP contribution in [0.5, 0.6) is 0 Å². The van der Waals surface area contributed by atoms with E-state index in [4.69, 9.17) is 11.6 Å². The molecule has 0 aromatic heterocycles. The van der Waals surface area contributed by atoms with E-state index in [1.165, 1.54) is 12.1 Å². The van der Waals surface area contributed by atoms with E-state index in [1.54, 1.807) is 24.3 Å². The largest absolute Gasteiger partial charge is 0.351 e. The minimum absolute atomic E-state index is 0.254. The number of anilines is 1. The third-order valence-corrected chi connectivity index (χ3v) is 4.82. The molecule has 0 aliphatic heterocycles. The zero-order valence-corrected chi connectivity index (χ0v) is 14.5. The van der Waals surface area contributed by atoms with Gasteiger partial charge >= 0.3 is 0 Å². The van der Waals surface area contributed by atoms with Crippen LogP contribution in [-0.2, 0) is 16.1 Å². The molecule has 2 N–H and O–H groups in total. The van der Waals surface area contributed by atoms with Gasteiger partial charge in [0.2, 0.25) is 11.8 Å². The molecule has 0 saturated heterocycles. The lowest BCUT2D eigenvalue weighted by molar-refractivity contribution is -0.134. The number of rotatable bonds is 5. The van der Waals surface area contributed by atoms with E-state index in [2.05, 4.69) is 10.6 Å². The Bertz CT molecular complexity index is 817. The smallest absolute Gasteiger partial charge is 0.240 e. The highest BCUT2D eigenvalue weighted by Gasteiger charge is 2.56. The van der Waals surface area contributed by atoms with Crippen LogP contribution in [0.25, 0.3) is 0 Å². The Kier molecular flexibility index (Phi) is 4.77. The third-order valence-electron chi connectivity index (χ3n) is 4.42. The van der Waals surface area contributed by atoms with Gasteiger partial charge in [-0.1, -0.05) is 29.8 Å². The van der Waals surface area contributed by atoms with Crippen LogP contribution in [-0.4, -0.2) is 11.8 Å². The molecule has 0 radical (unpaired) electrons. The number of nitrogens with one attached hydrogen (secondary N) is 2. The summed E-state index contributed by atoms with van der Waals surface area (Å²) < 4.78 is 12.9. The van der Waals surface area contributed by atoms with E-state index < -0.39 is 5.41 Å². The van der Waals surface area contributed by atoms with Crippen LogP contribution < -0.4 is 10.6 Å². The van der Waals surface area contributed by atoms with Crippen molar-refractivity contribution in [2.75, 3.05) is 5.32 Å². The number of benzene rings is 2. The maximum atomic E-state index is 12.9. The van der Waals surface area contributed by atoms with Gasteiger partial charge in [0.05, 0.1) is 0 Å². The number of aryl methyl sites for hydroxylation is 1. The van der Waals surface area contributed by atoms with Crippen molar-refractivity contribution < 1.29 is 14.0 Å². The predicted octanol–water partition coefficient (Wildman–Crippen LogP) is 3.82. The Labute approximate surface area is 150 Å². The first-order chi connectivity index (χ1) is 11.9. The highest BCUT2D eigenvalue weighted by Crippen LogP contribution is 2.47. The molecule has 0 unspecified atom stereocenters. The average Bonchev–Trinajstić information content (AvgIpc) is 3.39. The summed E-state index contributed by atoms with van der Waals surface area (Å²) in [5, 5.41) is 6.08. The highest BCUT2D eigenvalue weighted by molar-refractivity contribution is 6.31. The van der Waals surface area contributed by atoms with Crippen LogP contribution in [0.3, 0.4) is 0 Å². The fourth-order valence-corrected chi connectivity index (χ4v) is 2.74. The molecule has 2 aromatic rings. The normalized spacial score (nSPS) is 14.7. The van der Waals surface area contributed by atoms with E-state index in [-0.39, 0.29) is 24.2 Å². The van der Waals surface area contributed by atoms with E-state index in [9.17, 15) is 14.0 Å². The van der Waals surface area contributed by atoms with Gasteiger partial charge < -0.3 is 10.6 Å². The number of hydrogen-bond acceptors (Lipinski definition) is 2. The molecule has 0 bridgehead atoms. The van der Waals surface area contributed by atoms with Gasteiger partial charge in [-0.2, -0.15) is 0 Å². The van der Waals surface area contributed by atoms with Crippen molar-refractivity contribution in [2.45, 2.75) is 26.3 Å². The first kappa shape index (κ1) is 17.4. The molecule has 2 aromatic carbocycles. The van der Waals surface area contributed by atoms with Crippen LogP contribution >= 0.6 is 11.6 Å². The standard InChI is InChI=1S/C19H18ClFN2O2/c1-12-2-7-15(10-16(12)20)23-18(25)19(8-9-19)17(24)22-11-13-3-5-14(21)6-4-13/h2-7,10H,8-9,11H2,1H3,(H,22,24)(H,23,25). The third kappa shape index (κ3) is 3.82. The second-order valence-corrected chi connectivity index (χ2v) is 6.72. The number of carbonyl (C=O) groups is 2. The van der Waals surface area contributed by atoms with Crippen LogP contribution in [0.1, 0.15) is 24.0 Å². The lowest BCUT2D eigenvalue weighted by Gasteiger charge is -2.16. The molecular weight excluding hydrogens is 343 g/mol. The quantitative estimate of drug-likeness (QED) is 0.796. The molecule has 0 spiro atoms. The number of halogens is 2. The Balaban J connectivity index is 1.62. The van der Waals surface area contributed by atoms with Gasteiger partial charge in [0, 0.05) is 17.3 Å². The first-order valence-electron chi connectivity index (χ1n) is 8.01. The summed E-state index contributed by atoms with van der Waals surface area (Å²) in [6.07, 6.45) is 1.02. The van der Waals surface area contributed by atoms with E-state index in [0.717, 1.165) is 11.1 Å². The molecule has 1 saturated carbocycles. The summed E-state index contributed by atoms with van der Waals surface area (Å²) >= 11 is 6.06. The highest BCUT2D eigenvalue weighted by atomic mass is 35.5. The van der Waals surface area contributed by atoms with Crippen molar-refractivity contribution in [3.8, 4) is 0 Å². The summed E-state index contributed by atoms with van der Waals surface area (Å²) in [6.45, 7) is 2.13. The van der Waals surface area contributed by atoms with Crippen molar-refractivity contribution in [1.29, 1.82) is 0 Å². The Morgan fingerprint density at radius 3 is 2.40 bits per heavy atom. The number of amides is 2. The maximum Gasteiger partial charge on any atom is 0.240 e. The summed E-state index contributed by atoms with van der Waals surface area (Å²) in [5.74, 6) is -0.971. The van der Waals surface area contributed by atoms with Crippen molar-refractivity contribution in [2.24, 2.45) is 5.41 Å². The average molecular weight is 361 g/mol. The van der Waals surface area contributed by atoms with Crippen molar-refractivity contribution in [1.82, 2.24) is 5.32 Å². The summed E-state index contributed by atoms with van der Waals surface area (Å²) in [6, 6.07) is 11.1. The summed E-state index contributed by atoms with van der Waals surface area (Å²) in [5.41, 5.74) is 1.23. The van der Waals surface area contributed by atoms with E-state index >= 15 is 0 Å². The van der Waals surface area contributed by atoms with Crippen molar-refractivity contribution in [3.63, 3.8) is 0 Å². The molecule has 1 aliphatic carbocycles. The molecule has 2 amide bonds. The van der Waals surface area contributed by atoms with E-state index in [0.29, 0.717) is 23.6 Å². The molecule has 130 valence electrons. The Morgan fingerprint density at radius 2 is 1.80 bits per heavy atom. The first-order valence-corrected chi connectivity index (χ1v) is 8.39. The molecular formula is C19H18ClFN2O2. The van der Waals surface area contributed by atoms with Crippen LogP contribution in [0.2, 0.25) is 5.02 Å². The fraction of sp³-hybridized carbons (Fsp3) is 0.263. The molecule has 6 heteroatoms. The minimum Gasteiger partial charge on any atom is -0.351 e. The van der Waals surface area contributed by atoms with Gasteiger partial charge in [0.1, 0.15) is 11.2 Å². The van der Waals surface area contributed by atoms with Gasteiger partial charge in [0.15, 0.2) is 0 Å². The van der Waals surface area contributed by atoms with Crippen LogP contribution in [0.4, 0.5) is 10.1 Å². The number of hydrogen-bond donors (Lipinski definition) is 2. The van der Waals surface area contributed by atoms with Crippen LogP contribution in [0.15, 0.2) is 42.5 Å². The monoisotopic (exact) mass is 360 g/mol. The predicted molar refractivity (Wildman–Crippen MR) is 94.7 cm³/mol. The lowest BCUT2D eigenvalue weighted by atomic mass is 10.0. The van der Waals surface area contributed by atoms with Crippen LogP contribution in [0, 0.1) is 18.2 Å². The fourth-order valence-electron chi connectivity index (χ4n) is 2.56. The molecule has 0 heterocycles. The topological polar surface area (TPSA) is 58.2 Å². The van der Waals surface area contributed by atoms with Gasteiger partial charge in [-0.3, -0.25) is 9.59 Å². The molecule has 1 fully saturated rings. The molecule has 0 atom stereocenters. The van der Waals surface area contributed by atoms with Gasteiger partial charge in [-0.25, -0.2) is 4.39 Å². The van der Waals surface area contributed by atoms with Crippen molar-refractivity contribution >= 4 is 29.1 Å². The SMILES string of the molecule is Cc1ccc(NC(=O)C2(C(=O)NCc3ccc(F)cc3)CC2)cc1Cl. The molecule has 1 aliphatic rings. The Morgan fingerprint density at radius 1 is 1.12 bits per heavy atom. The second kappa shape index (κ2) is 6.84. The molecule has 25 heavy (non-hydrogen) atoms. The Hall–Kier alpha value is -2.40. The molecule has 4 nitrogen and oxygen atoms in total.